The highest BCUT2D eigenvalue weighted by Gasteiger charge is 2.11. The van der Waals surface area contributed by atoms with E-state index in [1.165, 1.54) is 0 Å². The highest BCUT2D eigenvalue weighted by molar-refractivity contribution is 7.13. The smallest absolute Gasteiger partial charge is 0.209 e. The van der Waals surface area contributed by atoms with E-state index in [-0.39, 0.29) is 0 Å². The molecule has 0 aliphatic carbocycles. The summed E-state index contributed by atoms with van der Waals surface area (Å²) in [4.78, 5) is 17.3. The molecule has 3 N–H and O–H groups in total. The van der Waals surface area contributed by atoms with Gasteiger partial charge in [0.15, 0.2) is 17.3 Å². The normalized spacial score (nSPS) is 10.4. The molecule has 0 atom stereocenters. The van der Waals surface area contributed by atoms with E-state index >= 15 is 0 Å². The number of aromatic nitrogens is 4. The number of nitrogens with one attached hydrogen (secondary N) is 1. The molecule has 3 heterocycles. The summed E-state index contributed by atoms with van der Waals surface area (Å²) in [5.74, 6) is 7.41. The number of imidazole rings is 1. The molecule has 0 unspecified atom stereocenters. The lowest BCUT2D eigenvalue weighted by Crippen LogP contribution is -1.97. The van der Waals surface area contributed by atoms with Crippen molar-refractivity contribution in [3.05, 3.63) is 59.2 Å². The van der Waals surface area contributed by atoms with Crippen molar-refractivity contribution in [2.24, 2.45) is 0 Å². The maximum atomic E-state index is 6.01. The first-order valence-corrected chi connectivity index (χ1v) is 7.82. The van der Waals surface area contributed by atoms with Gasteiger partial charge < -0.3 is 10.7 Å². The number of hydrogen-bond donors (Lipinski definition) is 2. The lowest BCUT2D eigenvalue weighted by Gasteiger charge is -1.94. The van der Waals surface area contributed by atoms with E-state index < -0.39 is 0 Å². The third-order valence-electron chi connectivity index (χ3n) is 3.23. The van der Waals surface area contributed by atoms with E-state index in [4.69, 9.17) is 5.73 Å². The van der Waals surface area contributed by atoms with Crippen molar-refractivity contribution < 1.29 is 0 Å². The Morgan fingerprint density at radius 2 is 1.83 bits per heavy atom. The molecule has 6 heteroatoms. The van der Waals surface area contributed by atoms with Crippen LogP contribution in [0.1, 0.15) is 11.4 Å². The molecule has 0 aliphatic heterocycles. The molecule has 0 amide bonds. The zero-order chi connectivity index (χ0) is 15.6. The van der Waals surface area contributed by atoms with Crippen LogP contribution in [0, 0.1) is 11.8 Å². The second-order valence-electron chi connectivity index (χ2n) is 4.81. The van der Waals surface area contributed by atoms with Crippen molar-refractivity contribution in [3.8, 4) is 22.5 Å². The number of nitrogens with two attached hydrogens (primary N) is 1. The molecule has 0 saturated heterocycles. The number of rotatable bonds is 1. The Bertz CT molecular complexity index is 1020. The highest BCUT2D eigenvalue weighted by atomic mass is 32.1. The molecular formula is C17H11N5S. The molecule has 3 aromatic heterocycles. The topological polar surface area (TPSA) is 80.5 Å². The number of fused-ring (bicyclic) bond motifs is 1. The summed E-state index contributed by atoms with van der Waals surface area (Å²) < 4.78 is 0. The van der Waals surface area contributed by atoms with E-state index in [2.05, 4.69) is 31.8 Å². The first-order chi connectivity index (χ1) is 11.3. The SMILES string of the molecule is Nc1nc(C#Cc2ccccc2)nc2nc(-c3cccs3)[nH]c12. The van der Waals surface area contributed by atoms with Crippen molar-refractivity contribution in [2.75, 3.05) is 5.73 Å². The van der Waals surface area contributed by atoms with Crippen LogP contribution in [0.4, 0.5) is 5.82 Å². The van der Waals surface area contributed by atoms with Crippen molar-refractivity contribution in [1.82, 2.24) is 19.9 Å². The molecule has 1 aromatic carbocycles. The van der Waals surface area contributed by atoms with E-state index in [0.717, 1.165) is 16.3 Å². The fourth-order valence-corrected chi connectivity index (χ4v) is 2.82. The van der Waals surface area contributed by atoms with Crippen LogP contribution in [0.5, 0.6) is 0 Å². The zero-order valence-corrected chi connectivity index (χ0v) is 12.8. The molecular weight excluding hydrogens is 306 g/mol. The Balaban J connectivity index is 1.77. The summed E-state index contributed by atoms with van der Waals surface area (Å²) in [7, 11) is 0. The Labute approximate surface area is 136 Å². The number of nitrogens with zero attached hydrogens (tertiary/aromatic N) is 3. The highest BCUT2D eigenvalue weighted by Crippen LogP contribution is 2.25. The maximum Gasteiger partial charge on any atom is 0.209 e. The van der Waals surface area contributed by atoms with Gasteiger partial charge >= 0.3 is 0 Å². The Morgan fingerprint density at radius 1 is 0.957 bits per heavy atom. The number of benzene rings is 1. The molecule has 0 spiro atoms. The number of anilines is 1. The standard InChI is InChI=1S/C17H11N5S/c18-15-14-17(22-16(21-14)12-7-4-10-23-12)20-13(19-15)9-8-11-5-2-1-3-6-11/h1-7,10H,(H3,18,19,20,21,22). The Kier molecular flexibility index (Phi) is 3.26. The third-order valence-corrected chi connectivity index (χ3v) is 4.10. The lowest BCUT2D eigenvalue weighted by atomic mass is 10.2. The average molecular weight is 317 g/mol. The van der Waals surface area contributed by atoms with Gasteiger partial charge in [-0.15, -0.1) is 11.3 Å². The molecule has 0 aliphatic rings. The summed E-state index contributed by atoms with van der Waals surface area (Å²) >= 11 is 1.60. The van der Waals surface area contributed by atoms with Crippen LogP contribution in [-0.4, -0.2) is 19.9 Å². The van der Waals surface area contributed by atoms with Gasteiger partial charge in [0, 0.05) is 5.56 Å². The summed E-state index contributed by atoms with van der Waals surface area (Å²) in [6.45, 7) is 0. The number of aromatic amines is 1. The van der Waals surface area contributed by atoms with Gasteiger partial charge in [0.25, 0.3) is 0 Å². The minimum Gasteiger partial charge on any atom is -0.382 e. The molecule has 4 aromatic rings. The maximum absolute atomic E-state index is 6.01. The van der Waals surface area contributed by atoms with Gasteiger partial charge in [-0.1, -0.05) is 30.2 Å². The van der Waals surface area contributed by atoms with E-state index in [9.17, 15) is 0 Å². The van der Waals surface area contributed by atoms with Crippen LogP contribution < -0.4 is 5.73 Å². The van der Waals surface area contributed by atoms with Gasteiger partial charge in [-0.3, -0.25) is 0 Å². The van der Waals surface area contributed by atoms with Crippen LogP contribution in [0.3, 0.4) is 0 Å². The Morgan fingerprint density at radius 3 is 2.61 bits per heavy atom. The summed E-state index contributed by atoms with van der Waals surface area (Å²) in [5.41, 5.74) is 8.07. The lowest BCUT2D eigenvalue weighted by molar-refractivity contribution is 1.16. The minimum absolute atomic E-state index is 0.350. The van der Waals surface area contributed by atoms with Crippen LogP contribution in [0.15, 0.2) is 47.8 Å². The molecule has 0 radical (unpaired) electrons. The molecule has 0 bridgehead atoms. The second kappa shape index (κ2) is 5.55. The van der Waals surface area contributed by atoms with Crippen LogP contribution >= 0.6 is 11.3 Å². The minimum atomic E-state index is 0.350. The summed E-state index contributed by atoms with van der Waals surface area (Å²) in [6.07, 6.45) is 0. The van der Waals surface area contributed by atoms with Crippen molar-refractivity contribution >= 4 is 28.3 Å². The number of nitrogen functional groups attached to an aromatic ring is 1. The van der Waals surface area contributed by atoms with E-state index in [0.29, 0.717) is 22.8 Å². The fraction of sp³-hybridized carbons (Fsp3) is 0. The summed E-state index contributed by atoms with van der Waals surface area (Å²) in [5, 5.41) is 1.99. The van der Waals surface area contributed by atoms with Crippen molar-refractivity contribution in [3.63, 3.8) is 0 Å². The molecule has 4 rings (SSSR count). The predicted octanol–water partition coefficient (Wildman–Crippen LogP) is 3.06. The van der Waals surface area contributed by atoms with Gasteiger partial charge in [-0.25, -0.2) is 9.97 Å². The zero-order valence-electron chi connectivity index (χ0n) is 11.9. The second-order valence-corrected chi connectivity index (χ2v) is 5.76. The molecule has 23 heavy (non-hydrogen) atoms. The molecule has 5 nitrogen and oxygen atoms in total. The largest absolute Gasteiger partial charge is 0.382 e. The van der Waals surface area contributed by atoms with Gasteiger partial charge in [-0.2, -0.15) is 4.98 Å². The third kappa shape index (κ3) is 2.65. The van der Waals surface area contributed by atoms with Crippen LogP contribution in [0.2, 0.25) is 0 Å². The fourth-order valence-electron chi connectivity index (χ4n) is 2.15. The van der Waals surface area contributed by atoms with E-state index in [1.54, 1.807) is 11.3 Å². The van der Waals surface area contributed by atoms with Gasteiger partial charge in [0.05, 0.1) is 4.88 Å². The van der Waals surface area contributed by atoms with Gasteiger partial charge in [-0.05, 0) is 29.5 Å². The first-order valence-electron chi connectivity index (χ1n) is 6.94. The number of thiophene rings is 1. The number of H-pyrrole nitrogens is 1. The van der Waals surface area contributed by atoms with Crippen molar-refractivity contribution in [1.29, 1.82) is 0 Å². The monoisotopic (exact) mass is 317 g/mol. The summed E-state index contributed by atoms with van der Waals surface area (Å²) in [6, 6.07) is 13.6. The average Bonchev–Trinajstić information content (AvgIpc) is 3.23. The molecule has 110 valence electrons. The predicted molar refractivity (Wildman–Crippen MR) is 91.8 cm³/mol. The van der Waals surface area contributed by atoms with Gasteiger partial charge in [0.1, 0.15) is 5.52 Å². The van der Waals surface area contributed by atoms with Crippen molar-refractivity contribution in [2.45, 2.75) is 0 Å². The Hall–Kier alpha value is -3.17. The quantitative estimate of drug-likeness (QED) is 0.529. The first kappa shape index (κ1) is 13.5. The molecule has 0 fully saturated rings. The van der Waals surface area contributed by atoms with Gasteiger partial charge in [0.2, 0.25) is 5.82 Å². The number of hydrogen-bond acceptors (Lipinski definition) is 5. The van der Waals surface area contributed by atoms with Crippen LogP contribution in [-0.2, 0) is 0 Å². The van der Waals surface area contributed by atoms with E-state index in [1.807, 2.05) is 47.8 Å². The molecule has 0 saturated carbocycles. The van der Waals surface area contributed by atoms with Crippen LogP contribution in [0.25, 0.3) is 21.9 Å².